The van der Waals surface area contributed by atoms with E-state index in [1.165, 1.54) is 0 Å². The lowest BCUT2D eigenvalue weighted by atomic mass is 10.1. The molecule has 0 radical (unpaired) electrons. The topological polar surface area (TPSA) is 165 Å². The second-order valence-corrected chi connectivity index (χ2v) is 4.89. The summed E-state index contributed by atoms with van der Waals surface area (Å²) in [5.74, 6) is -2.50. The van der Waals surface area contributed by atoms with Gasteiger partial charge in [-0.05, 0) is 18.9 Å². The van der Waals surface area contributed by atoms with Crippen molar-refractivity contribution in [3.05, 3.63) is 0 Å². The lowest BCUT2D eigenvalue weighted by Gasteiger charge is -2.12. The summed E-state index contributed by atoms with van der Waals surface area (Å²) >= 11 is 0. The van der Waals surface area contributed by atoms with Crippen molar-refractivity contribution in [3.63, 3.8) is 0 Å². The fraction of sp³-hybridized carbons (Fsp3) is 0.750. The first-order chi connectivity index (χ1) is 9.70. The zero-order valence-corrected chi connectivity index (χ0v) is 12.1. The van der Waals surface area contributed by atoms with Gasteiger partial charge < -0.3 is 31.7 Å². The van der Waals surface area contributed by atoms with E-state index in [1.807, 2.05) is 0 Å². The summed E-state index contributed by atoms with van der Waals surface area (Å²) in [7, 11) is 0. The summed E-state index contributed by atoms with van der Waals surface area (Å²) in [6, 6.07) is -1.51. The number of carboxylic acid groups (broad SMARTS) is 1. The number of hydrogen-bond donors (Lipinski definition) is 5. The van der Waals surface area contributed by atoms with Gasteiger partial charge in [-0.25, -0.2) is 4.79 Å². The Morgan fingerprint density at radius 2 is 1.95 bits per heavy atom. The molecule has 21 heavy (non-hydrogen) atoms. The van der Waals surface area contributed by atoms with E-state index in [9.17, 15) is 14.4 Å². The van der Waals surface area contributed by atoms with Crippen LogP contribution in [0.15, 0.2) is 0 Å². The van der Waals surface area contributed by atoms with Crippen molar-refractivity contribution >= 4 is 17.9 Å². The molecule has 0 amide bonds. The third-order valence-electron chi connectivity index (χ3n) is 2.83. The smallest absolute Gasteiger partial charge is 0.330 e. The minimum Gasteiger partial charge on any atom is -0.480 e. The number of hydrogen-bond acceptors (Lipinski definition) is 8. The molecule has 0 aromatic rings. The zero-order valence-electron chi connectivity index (χ0n) is 12.1. The molecule has 1 saturated heterocycles. The first-order valence-corrected chi connectivity index (χ1v) is 6.55. The number of carbonyl (C=O) groups excluding carboxylic acids is 2. The highest BCUT2D eigenvalue weighted by Crippen LogP contribution is 2.05. The van der Waals surface area contributed by atoms with E-state index in [-0.39, 0.29) is 12.5 Å². The third-order valence-corrected chi connectivity index (χ3v) is 2.83. The van der Waals surface area contributed by atoms with Crippen LogP contribution in [0.5, 0.6) is 0 Å². The van der Waals surface area contributed by atoms with E-state index in [1.54, 1.807) is 13.8 Å². The number of ether oxygens (including phenoxy) is 1. The molecule has 0 aliphatic carbocycles. The first-order valence-electron chi connectivity index (χ1n) is 6.55. The van der Waals surface area contributed by atoms with Crippen LogP contribution in [0.1, 0.15) is 20.3 Å². The Kier molecular flexibility index (Phi) is 8.70. The highest BCUT2D eigenvalue weighted by atomic mass is 16.6. The van der Waals surface area contributed by atoms with Crippen LogP contribution in [0.4, 0.5) is 0 Å². The summed E-state index contributed by atoms with van der Waals surface area (Å²) < 4.78 is 4.29. The lowest BCUT2D eigenvalue weighted by molar-refractivity contribution is -0.160. The standard InChI is InChI=1S/C7H14N2O3.C5H9NO3/c1-4(2)6(9)7(11)12-5(10)3-8;7-3-1-2-6-4(3)5(8)9/h4,6H,3,8-9H2,1-2H3;3-4,6-7H,1-2H2,(H,8,9)/t6-;3?,4-/m00/s1. The zero-order chi connectivity index (χ0) is 16.6. The van der Waals surface area contributed by atoms with E-state index in [0.717, 1.165) is 0 Å². The SMILES string of the molecule is CC(C)[C@H](N)C(=O)OC(=O)CN.O=C(O)[C@H]1NCCC1O. The number of esters is 2. The van der Waals surface area contributed by atoms with Crippen molar-refractivity contribution in [2.75, 3.05) is 13.1 Å². The normalized spacial score (nSPS) is 22.2. The highest BCUT2D eigenvalue weighted by Gasteiger charge is 2.30. The highest BCUT2D eigenvalue weighted by molar-refractivity contribution is 5.89. The van der Waals surface area contributed by atoms with Crippen molar-refractivity contribution in [2.24, 2.45) is 17.4 Å². The molecule has 1 aliphatic rings. The molecule has 122 valence electrons. The van der Waals surface area contributed by atoms with Gasteiger partial charge in [-0.2, -0.15) is 0 Å². The van der Waals surface area contributed by atoms with Crippen molar-refractivity contribution in [1.29, 1.82) is 0 Å². The molecule has 0 bridgehead atoms. The van der Waals surface area contributed by atoms with Crippen molar-refractivity contribution in [2.45, 2.75) is 38.5 Å². The van der Waals surface area contributed by atoms with Crippen LogP contribution in [0.3, 0.4) is 0 Å². The van der Waals surface area contributed by atoms with E-state index in [4.69, 9.17) is 21.7 Å². The van der Waals surface area contributed by atoms with Crippen LogP contribution >= 0.6 is 0 Å². The molecular weight excluding hydrogens is 282 g/mol. The van der Waals surface area contributed by atoms with Gasteiger partial charge in [0.05, 0.1) is 12.6 Å². The van der Waals surface area contributed by atoms with Crippen LogP contribution in [0.2, 0.25) is 0 Å². The quantitative estimate of drug-likeness (QED) is 0.286. The van der Waals surface area contributed by atoms with Gasteiger partial charge in [-0.1, -0.05) is 13.8 Å². The van der Waals surface area contributed by atoms with Crippen molar-refractivity contribution in [1.82, 2.24) is 5.32 Å². The molecule has 0 aromatic heterocycles. The van der Waals surface area contributed by atoms with Crippen molar-refractivity contribution in [3.8, 4) is 0 Å². The Labute approximate surface area is 122 Å². The Hall–Kier alpha value is -1.55. The molecule has 1 heterocycles. The third kappa shape index (κ3) is 7.14. The Morgan fingerprint density at radius 1 is 1.38 bits per heavy atom. The molecule has 1 rings (SSSR count). The summed E-state index contributed by atoms with van der Waals surface area (Å²) in [5.41, 5.74) is 10.3. The van der Waals surface area contributed by atoms with Crippen LogP contribution in [0, 0.1) is 5.92 Å². The largest absolute Gasteiger partial charge is 0.480 e. The van der Waals surface area contributed by atoms with Crippen LogP contribution < -0.4 is 16.8 Å². The van der Waals surface area contributed by atoms with Crippen LogP contribution in [0.25, 0.3) is 0 Å². The van der Waals surface area contributed by atoms with Gasteiger partial charge in [0.2, 0.25) is 0 Å². The number of aliphatic carboxylic acids is 1. The van der Waals surface area contributed by atoms with Crippen LogP contribution in [-0.4, -0.2) is 59.4 Å². The maximum absolute atomic E-state index is 10.9. The molecule has 0 aromatic carbocycles. The summed E-state index contributed by atoms with van der Waals surface area (Å²) in [6.07, 6.45) is -0.167. The summed E-state index contributed by atoms with van der Waals surface area (Å²) in [6.45, 7) is 3.81. The van der Waals surface area contributed by atoms with E-state index < -0.39 is 36.1 Å². The van der Waals surface area contributed by atoms with Gasteiger partial charge in [-0.15, -0.1) is 0 Å². The summed E-state index contributed by atoms with van der Waals surface area (Å²) in [5, 5.41) is 19.9. The van der Waals surface area contributed by atoms with Crippen LogP contribution in [-0.2, 0) is 19.1 Å². The van der Waals surface area contributed by atoms with Gasteiger partial charge in [-0.3, -0.25) is 9.59 Å². The number of aliphatic hydroxyl groups is 1. The number of nitrogens with one attached hydrogen (secondary N) is 1. The van der Waals surface area contributed by atoms with Gasteiger partial charge >= 0.3 is 17.9 Å². The lowest BCUT2D eigenvalue weighted by Crippen LogP contribution is -2.39. The molecule has 9 nitrogen and oxygen atoms in total. The second-order valence-electron chi connectivity index (χ2n) is 4.89. The number of carbonyl (C=O) groups is 3. The Balaban J connectivity index is 0.000000394. The van der Waals surface area contributed by atoms with Gasteiger partial charge in [0.25, 0.3) is 0 Å². The number of rotatable bonds is 4. The molecular formula is C12H23N3O6. The Morgan fingerprint density at radius 3 is 2.24 bits per heavy atom. The van der Waals surface area contributed by atoms with Gasteiger partial charge in [0.1, 0.15) is 12.1 Å². The summed E-state index contributed by atoms with van der Waals surface area (Å²) in [4.78, 5) is 31.6. The molecule has 0 spiro atoms. The maximum atomic E-state index is 10.9. The average molecular weight is 305 g/mol. The predicted molar refractivity (Wildman–Crippen MR) is 73.0 cm³/mol. The molecule has 3 atom stereocenters. The maximum Gasteiger partial charge on any atom is 0.330 e. The molecule has 1 fully saturated rings. The fourth-order valence-electron chi connectivity index (χ4n) is 1.44. The first kappa shape index (κ1) is 19.4. The predicted octanol–water partition coefficient (Wildman–Crippen LogP) is -2.21. The minimum atomic E-state index is -0.972. The average Bonchev–Trinajstić information content (AvgIpc) is 2.84. The Bertz CT molecular complexity index is 374. The fourth-order valence-corrected chi connectivity index (χ4v) is 1.44. The minimum absolute atomic E-state index is 0.0527. The van der Waals surface area contributed by atoms with E-state index in [0.29, 0.717) is 13.0 Å². The molecule has 1 aliphatic heterocycles. The number of nitrogens with two attached hydrogens (primary N) is 2. The second kappa shape index (κ2) is 9.40. The molecule has 7 N–H and O–H groups in total. The number of carboxylic acids is 1. The molecule has 0 saturated carbocycles. The van der Waals surface area contributed by atoms with Gasteiger partial charge in [0.15, 0.2) is 0 Å². The van der Waals surface area contributed by atoms with E-state index >= 15 is 0 Å². The molecule has 9 heteroatoms. The molecule has 1 unspecified atom stereocenters. The van der Waals surface area contributed by atoms with Gasteiger partial charge in [0, 0.05) is 0 Å². The monoisotopic (exact) mass is 305 g/mol. The number of aliphatic hydroxyl groups excluding tert-OH is 1. The van der Waals surface area contributed by atoms with E-state index in [2.05, 4.69) is 10.1 Å². The van der Waals surface area contributed by atoms with Crippen molar-refractivity contribution < 1.29 is 29.3 Å².